The maximum Gasteiger partial charge on any atom is 0.256 e. The van der Waals surface area contributed by atoms with E-state index in [1.807, 2.05) is 30.3 Å². The van der Waals surface area contributed by atoms with Gasteiger partial charge in [0.2, 0.25) is 5.91 Å². The number of carbonyl (C=O) groups is 2. The molecule has 0 aromatic heterocycles. The summed E-state index contributed by atoms with van der Waals surface area (Å²) >= 11 is 5.73. The van der Waals surface area contributed by atoms with Crippen molar-refractivity contribution >= 4 is 23.4 Å². The molecule has 1 saturated heterocycles. The number of halogens is 2. The first-order valence-electron chi connectivity index (χ1n) is 8.69. The first kappa shape index (κ1) is 19.3. The number of amides is 2. The summed E-state index contributed by atoms with van der Waals surface area (Å²) < 4.78 is 14.0. The molecule has 2 aromatic rings. The zero-order chi connectivity index (χ0) is 19.6. The number of hydrogen-bond acceptors (Lipinski definition) is 3. The van der Waals surface area contributed by atoms with Crippen LogP contribution in [0, 0.1) is 5.82 Å². The fourth-order valence-electron chi connectivity index (χ4n) is 3.18. The van der Waals surface area contributed by atoms with Crippen LogP contribution in [0.1, 0.15) is 22.8 Å². The molecule has 1 aliphatic rings. The van der Waals surface area contributed by atoms with Crippen LogP contribution in [0.4, 0.5) is 4.39 Å². The largest absolute Gasteiger partial charge is 0.337 e. The zero-order valence-corrected chi connectivity index (χ0v) is 15.7. The van der Waals surface area contributed by atoms with Crippen LogP contribution in [-0.2, 0) is 10.3 Å². The lowest BCUT2D eigenvalue weighted by Gasteiger charge is -2.38. The first-order valence-corrected chi connectivity index (χ1v) is 9.06. The van der Waals surface area contributed by atoms with Crippen LogP contribution >= 0.6 is 11.6 Å². The standard InChI is InChI=1S/C20H21ClFN3O2/c1-20(23,14-5-3-2-4-6-14)19(27)25-11-9-24(10-12-25)18(26)16-8-7-15(21)13-17(16)22/h2-8,13H,9-12,23H2,1H3. The molecule has 1 unspecified atom stereocenters. The van der Waals surface area contributed by atoms with Crippen LogP contribution in [-0.4, -0.2) is 47.8 Å². The zero-order valence-electron chi connectivity index (χ0n) is 15.0. The van der Waals surface area contributed by atoms with Gasteiger partial charge in [-0.2, -0.15) is 0 Å². The third-order valence-corrected chi connectivity index (χ3v) is 5.07. The van der Waals surface area contributed by atoms with E-state index in [1.165, 1.54) is 17.0 Å². The lowest BCUT2D eigenvalue weighted by atomic mass is 9.91. The van der Waals surface area contributed by atoms with E-state index in [2.05, 4.69) is 0 Å². The van der Waals surface area contributed by atoms with Gasteiger partial charge in [-0.1, -0.05) is 41.9 Å². The van der Waals surface area contributed by atoms with Crippen LogP contribution in [0.5, 0.6) is 0 Å². The molecule has 7 heteroatoms. The Morgan fingerprint density at radius 3 is 2.22 bits per heavy atom. The van der Waals surface area contributed by atoms with Crippen LogP contribution in [0.2, 0.25) is 5.02 Å². The predicted octanol–water partition coefficient (Wildman–Crippen LogP) is 2.64. The molecule has 0 saturated carbocycles. The molecule has 0 bridgehead atoms. The molecule has 142 valence electrons. The smallest absolute Gasteiger partial charge is 0.256 e. The minimum absolute atomic E-state index is 0.0212. The highest BCUT2D eigenvalue weighted by molar-refractivity contribution is 6.30. The second kappa shape index (κ2) is 7.66. The second-order valence-electron chi connectivity index (χ2n) is 6.78. The number of carbonyl (C=O) groups excluding carboxylic acids is 2. The summed E-state index contributed by atoms with van der Waals surface area (Å²) in [6, 6.07) is 13.2. The highest BCUT2D eigenvalue weighted by atomic mass is 35.5. The van der Waals surface area contributed by atoms with Crippen LogP contribution in [0.15, 0.2) is 48.5 Å². The fourth-order valence-corrected chi connectivity index (χ4v) is 3.34. The molecule has 27 heavy (non-hydrogen) atoms. The van der Waals surface area contributed by atoms with E-state index in [1.54, 1.807) is 11.8 Å². The number of nitrogens with zero attached hydrogens (tertiary/aromatic N) is 2. The molecule has 2 N–H and O–H groups in total. The Balaban J connectivity index is 1.66. The third-order valence-electron chi connectivity index (χ3n) is 4.83. The normalized spacial score (nSPS) is 16.7. The maximum absolute atomic E-state index is 14.0. The van der Waals surface area contributed by atoms with E-state index in [9.17, 15) is 14.0 Å². The molecule has 0 spiro atoms. The quantitative estimate of drug-likeness (QED) is 0.877. The van der Waals surface area contributed by atoms with Gasteiger partial charge in [-0.25, -0.2) is 4.39 Å². The van der Waals surface area contributed by atoms with Crippen LogP contribution < -0.4 is 5.73 Å². The van der Waals surface area contributed by atoms with E-state index in [4.69, 9.17) is 17.3 Å². The minimum Gasteiger partial charge on any atom is -0.337 e. The van der Waals surface area contributed by atoms with Gasteiger partial charge in [0, 0.05) is 31.2 Å². The molecular weight excluding hydrogens is 369 g/mol. The summed E-state index contributed by atoms with van der Waals surface area (Å²) in [6.07, 6.45) is 0. The summed E-state index contributed by atoms with van der Waals surface area (Å²) in [5.74, 6) is -1.25. The highest BCUT2D eigenvalue weighted by Gasteiger charge is 2.36. The number of hydrogen-bond donors (Lipinski definition) is 1. The van der Waals surface area contributed by atoms with Gasteiger partial charge in [-0.3, -0.25) is 9.59 Å². The molecule has 2 amide bonds. The summed E-state index contributed by atoms with van der Waals surface area (Å²) in [5.41, 5.74) is 5.87. The van der Waals surface area contributed by atoms with Crippen molar-refractivity contribution in [2.75, 3.05) is 26.2 Å². The summed E-state index contributed by atoms with van der Waals surface area (Å²) in [4.78, 5) is 28.6. The monoisotopic (exact) mass is 389 g/mol. The molecule has 1 heterocycles. The van der Waals surface area contributed by atoms with Crippen molar-refractivity contribution in [1.82, 2.24) is 9.80 Å². The molecule has 1 atom stereocenters. The van der Waals surface area contributed by atoms with Crippen molar-refractivity contribution in [2.45, 2.75) is 12.5 Å². The molecule has 0 radical (unpaired) electrons. The van der Waals surface area contributed by atoms with Gasteiger partial charge >= 0.3 is 0 Å². The van der Waals surface area contributed by atoms with Crippen LogP contribution in [0.25, 0.3) is 0 Å². The van der Waals surface area contributed by atoms with Gasteiger partial charge in [-0.15, -0.1) is 0 Å². The van der Waals surface area contributed by atoms with E-state index in [0.29, 0.717) is 26.2 Å². The summed E-state index contributed by atoms with van der Waals surface area (Å²) in [5, 5.41) is 0.239. The van der Waals surface area contributed by atoms with Crippen molar-refractivity contribution in [3.05, 3.63) is 70.5 Å². The topological polar surface area (TPSA) is 66.6 Å². The van der Waals surface area contributed by atoms with Gasteiger partial charge in [-0.05, 0) is 30.7 Å². The Morgan fingerprint density at radius 1 is 1.04 bits per heavy atom. The average Bonchev–Trinajstić information content (AvgIpc) is 2.68. The Kier molecular flexibility index (Phi) is 5.48. The lowest BCUT2D eigenvalue weighted by Crippen LogP contribution is -2.57. The van der Waals surface area contributed by atoms with Crippen molar-refractivity contribution in [2.24, 2.45) is 5.73 Å². The van der Waals surface area contributed by atoms with Gasteiger partial charge in [0.05, 0.1) is 5.56 Å². The Labute approximate surface area is 162 Å². The second-order valence-corrected chi connectivity index (χ2v) is 7.21. The molecule has 1 aliphatic heterocycles. The Hall–Kier alpha value is -2.44. The highest BCUT2D eigenvalue weighted by Crippen LogP contribution is 2.22. The average molecular weight is 390 g/mol. The lowest BCUT2D eigenvalue weighted by molar-refractivity contribution is -0.138. The van der Waals surface area contributed by atoms with E-state index in [0.717, 1.165) is 11.6 Å². The Bertz CT molecular complexity index is 850. The number of nitrogens with two attached hydrogens (primary N) is 1. The van der Waals surface area contributed by atoms with E-state index in [-0.39, 0.29) is 16.5 Å². The van der Waals surface area contributed by atoms with E-state index < -0.39 is 17.3 Å². The molecule has 0 aliphatic carbocycles. The van der Waals surface area contributed by atoms with Crippen molar-refractivity contribution in [3.63, 3.8) is 0 Å². The predicted molar refractivity (Wildman–Crippen MR) is 102 cm³/mol. The molecule has 3 rings (SSSR count). The van der Waals surface area contributed by atoms with Crippen molar-refractivity contribution < 1.29 is 14.0 Å². The van der Waals surface area contributed by atoms with Crippen molar-refractivity contribution in [3.8, 4) is 0 Å². The number of piperazine rings is 1. The maximum atomic E-state index is 14.0. The van der Waals surface area contributed by atoms with Gasteiger partial charge in [0.1, 0.15) is 11.4 Å². The molecular formula is C20H21ClFN3O2. The number of benzene rings is 2. The van der Waals surface area contributed by atoms with Crippen LogP contribution in [0.3, 0.4) is 0 Å². The molecule has 2 aromatic carbocycles. The fraction of sp³-hybridized carbons (Fsp3) is 0.300. The summed E-state index contributed by atoms with van der Waals surface area (Å²) in [7, 11) is 0. The van der Waals surface area contributed by atoms with Gasteiger partial charge in [0.15, 0.2) is 0 Å². The minimum atomic E-state index is -1.14. The van der Waals surface area contributed by atoms with Gasteiger partial charge < -0.3 is 15.5 Å². The molecule has 5 nitrogen and oxygen atoms in total. The van der Waals surface area contributed by atoms with Gasteiger partial charge in [0.25, 0.3) is 5.91 Å². The van der Waals surface area contributed by atoms with Crippen molar-refractivity contribution in [1.29, 1.82) is 0 Å². The summed E-state index contributed by atoms with van der Waals surface area (Å²) in [6.45, 7) is 3.01. The molecule has 1 fully saturated rings. The Morgan fingerprint density at radius 2 is 1.63 bits per heavy atom. The first-order chi connectivity index (χ1) is 12.8. The van der Waals surface area contributed by atoms with E-state index >= 15 is 0 Å². The number of rotatable bonds is 3. The SMILES string of the molecule is CC(N)(C(=O)N1CCN(C(=O)c2ccc(Cl)cc2F)CC1)c1ccccc1. The third kappa shape index (κ3) is 3.96.